The largest absolute Gasteiger partial charge is 0.481 e. The van der Waals surface area contributed by atoms with Crippen LogP contribution in [0.1, 0.15) is 21.8 Å². The maximum Gasteiger partial charge on any atom is 0.308 e. The Hall–Kier alpha value is -3.22. The zero-order valence-electron chi connectivity index (χ0n) is 14.2. The predicted octanol–water partition coefficient (Wildman–Crippen LogP) is 1.91. The molecule has 0 radical (unpaired) electrons. The van der Waals surface area contributed by atoms with E-state index >= 15 is 0 Å². The van der Waals surface area contributed by atoms with Gasteiger partial charge in [0.2, 0.25) is 0 Å². The molecule has 0 saturated carbocycles. The van der Waals surface area contributed by atoms with Gasteiger partial charge >= 0.3 is 5.97 Å². The number of carboxylic acid groups (broad SMARTS) is 1. The molecule has 2 heterocycles. The number of carboxylic acids is 1. The van der Waals surface area contributed by atoms with Crippen LogP contribution in [0.25, 0.3) is 11.0 Å². The molecule has 2 atom stereocenters. The smallest absolute Gasteiger partial charge is 0.308 e. The standard InChI is InChI=1S/C19H18N4O3/c1-22-17-8-7-13(9-16(17)20-21-22)18(24)23-10-14(15(11-23)19(25)26)12-5-3-2-4-6-12/h2-9,14-15H,10-11H2,1H3,(H,25,26)/t14-,15-/m0/s1. The highest BCUT2D eigenvalue weighted by molar-refractivity contribution is 5.97. The van der Waals surface area contributed by atoms with E-state index in [1.807, 2.05) is 36.4 Å². The number of nitrogens with zero attached hydrogens (tertiary/aromatic N) is 4. The summed E-state index contributed by atoms with van der Waals surface area (Å²) in [5.41, 5.74) is 2.93. The van der Waals surface area contributed by atoms with Crippen LogP contribution in [-0.2, 0) is 11.8 Å². The lowest BCUT2D eigenvalue weighted by Crippen LogP contribution is -2.29. The monoisotopic (exact) mass is 350 g/mol. The first-order valence-electron chi connectivity index (χ1n) is 8.41. The van der Waals surface area contributed by atoms with Crippen LogP contribution in [0.4, 0.5) is 0 Å². The van der Waals surface area contributed by atoms with E-state index in [-0.39, 0.29) is 18.4 Å². The van der Waals surface area contributed by atoms with Gasteiger partial charge in [-0.1, -0.05) is 35.5 Å². The second-order valence-electron chi connectivity index (χ2n) is 6.59. The van der Waals surface area contributed by atoms with Gasteiger partial charge in [0.05, 0.1) is 11.4 Å². The average Bonchev–Trinajstić information content (AvgIpc) is 3.26. The molecule has 0 spiro atoms. The van der Waals surface area contributed by atoms with Gasteiger partial charge < -0.3 is 10.0 Å². The molecule has 1 aliphatic heterocycles. The van der Waals surface area contributed by atoms with Crippen molar-refractivity contribution in [3.63, 3.8) is 0 Å². The normalized spacial score (nSPS) is 19.8. The van der Waals surface area contributed by atoms with Crippen LogP contribution in [-0.4, -0.2) is 50.0 Å². The van der Waals surface area contributed by atoms with Gasteiger partial charge in [0.1, 0.15) is 5.52 Å². The molecule has 1 aromatic heterocycles. The van der Waals surface area contributed by atoms with Crippen molar-refractivity contribution in [3.8, 4) is 0 Å². The molecule has 26 heavy (non-hydrogen) atoms. The van der Waals surface area contributed by atoms with E-state index in [1.165, 1.54) is 0 Å². The first-order valence-corrected chi connectivity index (χ1v) is 8.41. The van der Waals surface area contributed by atoms with Gasteiger partial charge in [-0.15, -0.1) is 5.10 Å². The van der Waals surface area contributed by atoms with E-state index in [1.54, 1.807) is 28.8 Å². The fraction of sp³-hybridized carbons (Fsp3) is 0.263. The van der Waals surface area contributed by atoms with E-state index in [2.05, 4.69) is 10.3 Å². The Labute approximate surface area is 149 Å². The minimum absolute atomic E-state index is 0.178. The van der Waals surface area contributed by atoms with Crippen molar-refractivity contribution in [2.75, 3.05) is 13.1 Å². The van der Waals surface area contributed by atoms with E-state index in [0.29, 0.717) is 17.6 Å². The summed E-state index contributed by atoms with van der Waals surface area (Å²) in [6, 6.07) is 14.8. The SMILES string of the molecule is Cn1nnc2cc(C(=O)N3C[C@H](C(=O)O)[C@H](c4ccccc4)C3)ccc21. The number of rotatable bonds is 3. The summed E-state index contributed by atoms with van der Waals surface area (Å²) in [6.07, 6.45) is 0. The zero-order chi connectivity index (χ0) is 18.3. The summed E-state index contributed by atoms with van der Waals surface area (Å²) in [7, 11) is 1.79. The van der Waals surface area contributed by atoms with Crippen LogP contribution in [0.15, 0.2) is 48.5 Å². The fourth-order valence-corrected chi connectivity index (χ4v) is 3.61. The number of carbonyl (C=O) groups is 2. The number of hydrogen-bond acceptors (Lipinski definition) is 4. The molecule has 132 valence electrons. The lowest BCUT2D eigenvalue weighted by atomic mass is 9.89. The van der Waals surface area contributed by atoms with Crippen LogP contribution >= 0.6 is 0 Å². The minimum Gasteiger partial charge on any atom is -0.481 e. The van der Waals surface area contributed by atoms with Gasteiger partial charge in [-0.2, -0.15) is 0 Å². The highest BCUT2D eigenvalue weighted by Crippen LogP contribution is 2.33. The molecule has 1 aliphatic rings. The van der Waals surface area contributed by atoms with Gasteiger partial charge in [-0.3, -0.25) is 9.59 Å². The predicted molar refractivity (Wildman–Crippen MR) is 94.7 cm³/mol. The van der Waals surface area contributed by atoms with Crippen LogP contribution in [0.2, 0.25) is 0 Å². The van der Waals surface area contributed by atoms with Crippen molar-refractivity contribution >= 4 is 22.9 Å². The Kier molecular flexibility index (Phi) is 3.91. The van der Waals surface area contributed by atoms with Crippen LogP contribution in [0.5, 0.6) is 0 Å². The first-order chi connectivity index (χ1) is 12.5. The summed E-state index contributed by atoms with van der Waals surface area (Å²) < 4.78 is 1.64. The van der Waals surface area contributed by atoms with Crippen molar-refractivity contribution in [2.45, 2.75) is 5.92 Å². The lowest BCUT2D eigenvalue weighted by Gasteiger charge is -2.16. The summed E-state index contributed by atoms with van der Waals surface area (Å²) >= 11 is 0. The molecule has 1 N–H and O–H groups in total. The molecule has 0 unspecified atom stereocenters. The first kappa shape index (κ1) is 16.3. The molecule has 2 aromatic carbocycles. The second kappa shape index (κ2) is 6.25. The van der Waals surface area contributed by atoms with Crippen molar-refractivity contribution in [2.24, 2.45) is 13.0 Å². The summed E-state index contributed by atoms with van der Waals surface area (Å²) in [4.78, 5) is 26.2. The average molecular weight is 350 g/mol. The Morgan fingerprint density at radius 2 is 1.88 bits per heavy atom. The van der Waals surface area contributed by atoms with Gasteiger partial charge in [0.25, 0.3) is 5.91 Å². The molecule has 1 amide bonds. The van der Waals surface area contributed by atoms with Gasteiger partial charge in [0.15, 0.2) is 0 Å². The fourth-order valence-electron chi connectivity index (χ4n) is 3.61. The number of carbonyl (C=O) groups excluding carboxylic acids is 1. The number of fused-ring (bicyclic) bond motifs is 1. The van der Waals surface area contributed by atoms with Gasteiger partial charge in [-0.05, 0) is 23.8 Å². The Balaban J connectivity index is 1.62. The summed E-state index contributed by atoms with van der Waals surface area (Å²) in [5.74, 6) is -1.87. The van der Waals surface area contributed by atoms with Crippen LogP contribution in [0.3, 0.4) is 0 Å². The number of aliphatic carboxylic acids is 1. The van der Waals surface area contributed by atoms with E-state index in [0.717, 1.165) is 11.1 Å². The molecule has 0 aliphatic carbocycles. The van der Waals surface area contributed by atoms with Crippen molar-refractivity contribution < 1.29 is 14.7 Å². The Bertz CT molecular complexity index is 983. The number of aromatic nitrogens is 3. The van der Waals surface area contributed by atoms with Crippen LogP contribution < -0.4 is 0 Å². The van der Waals surface area contributed by atoms with Crippen molar-refractivity contribution in [3.05, 3.63) is 59.7 Å². The maximum absolute atomic E-state index is 12.9. The quantitative estimate of drug-likeness (QED) is 0.779. The van der Waals surface area contributed by atoms with Crippen LogP contribution in [0, 0.1) is 5.92 Å². The van der Waals surface area contributed by atoms with Gasteiger partial charge in [-0.25, -0.2) is 4.68 Å². The van der Waals surface area contributed by atoms with E-state index < -0.39 is 11.9 Å². The third-order valence-electron chi connectivity index (χ3n) is 5.01. The Morgan fingerprint density at radius 1 is 1.12 bits per heavy atom. The van der Waals surface area contributed by atoms with Crippen molar-refractivity contribution in [1.82, 2.24) is 19.9 Å². The molecule has 1 fully saturated rings. The molecular weight excluding hydrogens is 332 g/mol. The second-order valence-corrected chi connectivity index (χ2v) is 6.59. The molecule has 7 heteroatoms. The molecule has 1 saturated heterocycles. The third-order valence-corrected chi connectivity index (χ3v) is 5.01. The molecular formula is C19H18N4O3. The summed E-state index contributed by atoms with van der Waals surface area (Å²) in [5, 5.41) is 17.6. The number of aryl methyl sites for hydroxylation is 1. The van der Waals surface area contributed by atoms with E-state index in [9.17, 15) is 14.7 Å². The highest BCUT2D eigenvalue weighted by atomic mass is 16.4. The topological polar surface area (TPSA) is 88.3 Å². The lowest BCUT2D eigenvalue weighted by molar-refractivity contribution is -0.141. The van der Waals surface area contributed by atoms with Crippen molar-refractivity contribution in [1.29, 1.82) is 0 Å². The van der Waals surface area contributed by atoms with Gasteiger partial charge in [0, 0.05) is 31.6 Å². The summed E-state index contributed by atoms with van der Waals surface area (Å²) in [6.45, 7) is 0.588. The minimum atomic E-state index is -0.876. The number of hydrogen-bond donors (Lipinski definition) is 1. The molecule has 4 rings (SSSR count). The van der Waals surface area contributed by atoms with E-state index in [4.69, 9.17) is 0 Å². The highest BCUT2D eigenvalue weighted by Gasteiger charge is 2.40. The maximum atomic E-state index is 12.9. The number of benzene rings is 2. The number of amides is 1. The number of likely N-dealkylation sites (tertiary alicyclic amines) is 1. The Morgan fingerprint density at radius 3 is 2.62 bits per heavy atom. The molecule has 7 nitrogen and oxygen atoms in total. The molecule has 0 bridgehead atoms. The molecule has 3 aromatic rings. The zero-order valence-corrected chi connectivity index (χ0v) is 14.2. The third kappa shape index (κ3) is 2.71.